The number of hydrogen-bond donors (Lipinski definition) is 2. The van der Waals surface area contributed by atoms with Gasteiger partial charge in [-0.25, -0.2) is 4.98 Å². The van der Waals surface area contributed by atoms with E-state index in [0.717, 1.165) is 5.82 Å². The second kappa shape index (κ2) is 5.14. The van der Waals surface area contributed by atoms with Crippen molar-refractivity contribution in [2.24, 2.45) is 7.05 Å². The molecule has 0 bridgehead atoms. The molecule has 0 aliphatic rings. The van der Waals surface area contributed by atoms with Crippen LogP contribution in [0.3, 0.4) is 0 Å². The summed E-state index contributed by atoms with van der Waals surface area (Å²) in [6.07, 6.45) is 3.90. The fourth-order valence-electron chi connectivity index (χ4n) is 2.05. The number of aryl methyl sites for hydroxylation is 1. The molecule has 0 aliphatic carbocycles. The Bertz CT molecular complexity index is 604. The van der Waals surface area contributed by atoms with Crippen LogP contribution in [0.5, 0.6) is 5.75 Å². The van der Waals surface area contributed by atoms with E-state index in [-0.39, 0.29) is 5.75 Å². The average molecular weight is 260 g/mol. The molecule has 2 N–H and O–H groups in total. The zero-order valence-corrected chi connectivity index (χ0v) is 10.9. The van der Waals surface area contributed by atoms with E-state index in [9.17, 15) is 9.90 Å². The average Bonchev–Trinajstić information content (AvgIpc) is 2.76. The first-order valence-electron chi connectivity index (χ1n) is 6.00. The molecular weight excluding hydrogens is 244 g/mol. The van der Waals surface area contributed by atoms with Gasteiger partial charge in [0, 0.05) is 31.4 Å². The van der Waals surface area contributed by atoms with E-state index in [4.69, 9.17) is 5.11 Å². The van der Waals surface area contributed by atoms with Crippen molar-refractivity contribution in [3.8, 4) is 5.75 Å². The van der Waals surface area contributed by atoms with Gasteiger partial charge in [0.15, 0.2) is 0 Å². The molecule has 2 aromatic rings. The highest BCUT2D eigenvalue weighted by Gasteiger charge is 2.20. The van der Waals surface area contributed by atoms with Gasteiger partial charge in [0.25, 0.3) is 0 Å². The van der Waals surface area contributed by atoms with Crippen LogP contribution in [0.15, 0.2) is 30.6 Å². The molecule has 5 nitrogen and oxygen atoms in total. The van der Waals surface area contributed by atoms with Crippen molar-refractivity contribution in [2.45, 2.75) is 19.3 Å². The monoisotopic (exact) mass is 260 g/mol. The van der Waals surface area contributed by atoms with Gasteiger partial charge < -0.3 is 14.8 Å². The molecule has 5 heteroatoms. The molecule has 0 fully saturated rings. The number of nitrogens with zero attached hydrogens (tertiary/aromatic N) is 2. The van der Waals surface area contributed by atoms with Crippen LogP contribution in [-0.4, -0.2) is 25.7 Å². The highest BCUT2D eigenvalue weighted by molar-refractivity contribution is 5.76. The number of aromatic hydroxyl groups is 1. The molecule has 1 heterocycles. The predicted molar refractivity (Wildman–Crippen MR) is 70.2 cm³/mol. The van der Waals surface area contributed by atoms with Crippen molar-refractivity contribution < 1.29 is 15.0 Å². The normalized spacial score (nSPS) is 12.3. The molecule has 0 saturated carbocycles. The van der Waals surface area contributed by atoms with Gasteiger partial charge in [-0.3, -0.25) is 4.79 Å². The first-order valence-corrected chi connectivity index (χ1v) is 6.00. The third-order valence-electron chi connectivity index (χ3n) is 3.28. The number of benzene rings is 1. The maximum Gasteiger partial charge on any atom is 0.310 e. The fraction of sp³-hybridized carbons (Fsp3) is 0.286. The van der Waals surface area contributed by atoms with Crippen LogP contribution >= 0.6 is 0 Å². The third-order valence-corrected chi connectivity index (χ3v) is 3.28. The number of imidazole rings is 1. The van der Waals surface area contributed by atoms with Gasteiger partial charge in [0.2, 0.25) is 0 Å². The molecule has 19 heavy (non-hydrogen) atoms. The lowest BCUT2D eigenvalue weighted by atomic mass is 9.93. The van der Waals surface area contributed by atoms with Crippen LogP contribution in [0.1, 0.15) is 29.8 Å². The second-order valence-corrected chi connectivity index (χ2v) is 4.54. The number of carbonyl (C=O) groups is 1. The number of aliphatic carboxylic acids is 1. The summed E-state index contributed by atoms with van der Waals surface area (Å²) in [5.74, 6) is -0.692. The Morgan fingerprint density at radius 3 is 2.79 bits per heavy atom. The Hall–Kier alpha value is -2.30. The molecule has 0 spiro atoms. The third kappa shape index (κ3) is 2.59. The van der Waals surface area contributed by atoms with Crippen molar-refractivity contribution >= 4 is 5.97 Å². The van der Waals surface area contributed by atoms with Crippen molar-refractivity contribution in [2.75, 3.05) is 0 Å². The topological polar surface area (TPSA) is 75.3 Å². The van der Waals surface area contributed by atoms with Crippen LogP contribution in [0.25, 0.3) is 0 Å². The molecular formula is C14H16N2O3. The van der Waals surface area contributed by atoms with E-state index in [2.05, 4.69) is 4.98 Å². The highest BCUT2D eigenvalue weighted by atomic mass is 16.4. The molecule has 0 amide bonds. The molecule has 2 rings (SSSR count). The molecule has 100 valence electrons. The largest absolute Gasteiger partial charge is 0.508 e. The van der Waals surface area contributed by atoms with Crippen molar-refractivity contribution in [3.63, 3.8) is 0 Å². The summed E-state index contributed by atoms with van der Waals surface area (Å²) in [5.41, 5.74) is 1.24. The van der Waals surface area contributed by atoms with Gasteiger partial charge in [-0.1, -0.05) is 12.1 Å². The second-order valence-electron chi connectivity index (χ2n) is 4.54. The Labute approximate surface area is 111 Å². The summed E-state index contributed by atoms with van der Waals surface area (Å²) in [6, 6.07) is 4.96. The number of phenols is 1. The van der Waals surface area contributed by atoms with Crippen LogP contribution in [0.4, 0.5) is 0 Å². The summed E-state index contributed by atoms with van der Waals surface area (Å²) in [6.45, 7) is 1.61. The molecule has 1 aromatic heterocycles. The predicted octanol–water partition coefficient (Wildman–Crippen LogP) is 1.90. The number of carboxylic acids is 1. The SMILES string of the molecule is CC(C(=O)O)c1cccc(O)c1Cc1nccn1C. The van der Waals surface area contributed by atoms with E-state index in [1.54, 1.807) is 31.3 Å². The van der Waals surface area contributed by atoms with Crippen LogP contribution in [0.2, 0.25) is 0 Å². The Balaban J connectivity index is 2.44. The van der Waals surface area contributed by atoms with Gasteiger partial charge in [-0.2, -0.15) is 0 Å². The molecule has 0 aliphatic heterocycles. The summed E-state index contributed by atoms with van der Waals surface area (Å²) in [7, 11) is 1.86. The van der Waals surface area contributed by atoms with E-state index in [1.807, 2.05) is 17.8 Å². The number of rotatable bonds is 4. The number of hydrogen-bond acceptors (Lipinski definition) is 3. The molecule has 1 aromatic carbocycles. The molecule has 1 unspecified atom stereocenters. The van der Waals surface area contributed by atoms with Crippen molar-refractivity contribution in [1.82, 2.24) is 9.55 Å². The zero-order chi connectivity index (χ0) is 14.0. The van der Waals surface area contributed by atoms with Gasteiger partial charge in [0.05, 0.1) is 5.92 Å². The lowest BCUT2D eigenvalue weighted by Crippen LogP contribution is -2.11. The first kappa shape index (κ1) is 13.1. The van der Waals surface area contributed by atoms with Gasteiger partial charge in [-0.05, 0) is 18.6 Å². The highest BCUT2D eigenvalue weighted by Crippen LogP contribution is 2.29. The summed E-state index contributed by atoms with van der Waals surface area (Å²) in [5, 5.41) is 19.1. The van der Waals surface area contributed by atoms with Gasteiger partial charge in [0.1, 0.15) is 11.6 Å². The summed E-state index contributed by atoms with van der Waals surface area (Å²) < 4.78 is 1.85. The zero-order valence-electron chi connectivity index (χ0n) is 10.9. The number of phenolic OH excluding ortho intramolecular Hbond substituents is 1. The minimum atomic E-state index is -0.910. The molecule has 0 saturated heterocycles. The Morgan fingerprint density at radius 1 is 1.47 bits per heavy atom. The standard InChI is InChI=1S/C14H16N2O3/c1-9(14(18)19)10-4-3-5-12(17)11(10)8-13-15-6-7-16(13)2/h3-7,9,17H,8H2,1-2H3,(H,18,19). The van der Waals surface area contributed by atoms with E-state index in [0.29, 0.717) is 17.5 Å². The van der Waals surface area contributed by atoms with Crippen molar-refractivity contribution in [3.05, 3.63) is 47.5 Å². The smallest absolute Gasteiger partial charge is 0.310 e. The number of carboxylic acid groups (broad SMARTS) is 1. The fourth-order valence-corrected chi connectivity index (χ4v) is 2.05. The van der Waals surface area contributed by atoms with Crippen LogP contribution < -0.4 is 0 Å². The Kier molecular flexibility index (Phi) is 3.55. The van der Waals surface area contributed by atoms with Crippen LogP contribution in [-0.2, 0) is 18.3 Å². The van der Waals surface area contributed by atoms with E-state index >= 15 is 0 Å². The van der Waals surface area contributed by atoms with E-state index in [1.165, 1.54) is 0 Å². The van der Waals surface area contributed by atoms with Gasteiger partial charge >= 0.3 is 5.97 Å². The van der Waals surface area contributed by atoms with Crippen LogP contribution in [0, 0.1) is 0 Å². The minimum absolute atomic E-state index is 0.105. The first-order chi connectivity index (χ1) is 9.00. The molecule has 1 atom stereocenters. The van der Waals surface area contributed by atoms with Gasteiger partial charge in [-0.15, -0.1) is 0 Å². The van der Waals surface area contributed by atoms with E-state index < -0.39 is 11.9 Å². The lowest BCUT2D eigenvalue weighted by molar-refractivity contribution is -0.138. The maximum atomic E-state index is 11.1. The minimum Gasteiger partial charge on any atom is -0.508 e. The van der Waals surface area contributed by atoms with Crippen molar-refractivity contribution in [1.29, 1.82) is 0 Å². The summed E-state index contributed by atoms with van der Waals surface area (Å²) >= 11 is 0. The Morgan fingerprint density at radius 2 is 2.21 bits per heavy atom. The maximum absolute atomic E-state index is 11.1. The lowest BCUT2D eigenvalue weighted by Gasteiger charge is -2.14. The quantitative estimate of drug-likeness (QED) is 0.880. The number of aromatic nitrogens is 2. The summed E-state index contributed by atoms with van der Waals surface area (Å²) in [4.78, 5) is 15.3. The molecule has 0 radical (unpaired) electrons.